The number of hydrogen-bond acceptors (Lipinski definition) is 2. The molecule has 1 aliphatic heterocycles. The largest absolute Gasteiger partial charge is 0.480 e. The first-order valence-corrected chi connectivity index (χ1v) is 4.60. The predicted molar refractivity (Wildman–Crippen MR) is 43.9 cm³/mol. The highest BCUT2D eigenvalue weighted by Crippen LogP contribution is 2.20. The summed E-state index contributed by atoms with van der Waals surface area (Å²) >= 11 is 3.07. The summed E-state index contributed by atoms with van der Waals surface area (Å²) in [7, 11) is 0. The highest BCUT2D eigenvalue weighted by Gasteiger charge is 2.22. The van der Waals surface area contributed by atoms with Gasteiger partial charge in [-0.05, 0) is 19.3 Å². The zero-order valence-corrected chi connectivity index (χ0v) is 7.71. The minimum atomic E-state index is -0.805. The van der Waals surface area contributed by atoms with Crippen molar-refractivity contribution in [1.29, 1.82) is 0 Å². The van der Waals surface area contributed by atoms with Crippen molar-refractivity contribution in [3.63, 3.8) is 0 Å². The van der Waals surface area contributed by atoms with Crippen LogP contribution in [0.5, 0.6) is 0 Å². The monoisotopic (exact) mass is 222 g/mol. The molecule has 0 aromatic rings. The Balaban J connectivity index is 2.23. The highest BCUT2D eigenvalue weighted by atomic mass is 79.9. The number of aliphatic carboxylic acids is 1. The smallest absolute Gasteiger partial charge is 0.317 e. The molecule has 0 amide bonds. The fraction of sp³-hybridized carbons (Fsp3) is 0.857. The van der Waals surface area contributed by atoms with Crippen molar-refractivity contribution in [2.75, 3.05) is 6.61 Å². The van der Waals surface area contributed by atoms with Gasteiger partial charge in [0.15, 0.2) is 0 Å². The summed E-state index contributed by atoms with van der Waals surface area (Å²) in [5.74, 6) is -0.805. The van der Waals surface area contributed by atoms with E-state index in [1.54, 1.807) is 0 Å². The van der Waals surface area contributed by atoms with Crippen LogP contribution in [0.15, 0.2) is 0 Å². The molecule has 0 radical (unpaired) electrons. The lowest BCUT2D eigenvalue weighted by Crippen LogP contribution is -2.19. The molecule has 0 saturated carbocycles. The summed E-state index contributed by atoms with van der Waals surface area (Å²) in [4.78, 5) is 9.93. The van der Waals surface area contributed by atoms with Gasteiger partial charge in [-0.1, -0.05) is 15.9 Å². The zero-order valence-electron chi connectivity index (χ0n) is 6.12. The molecule has 1 aliphatic rings. The topological polar surface area (TPSA) is 46.5 Å². The van der Waals surface area contributed by atoms with E-state index in [1.165, 1.54) is 0 Å². The van der Waals surface area contributed by atoms with Gasteiger partial charge in [-0.3, -0.25) is 4.79 Å². The first-order valence-electron chi connectivity index (χ1n) is 3.68. The van der Waals surface area contributed by atoms with Gasteiger partial charge in [-0.25, -0.2) is 0 Å². The van der Waals surface area contributed by atoms with Crippen LogP contribution in [0.3, 0.4) is 0 Å². The maximum absolute atomic E-state index is 10.4. The zero-order chi connectivity index (χ0) is 8.27. The van der Waals surface area contributed by atoms with Crippen molar-refractivity contribution in [2.24, 2.45) is 0 Å². The summed E-state index contributed by atoms with van der Waals surface area (Å²) in [6.45, 7) is 0.782. The van der Waals surface area contributed by atoms with Gasteiger partial charge < -0.3 is 9.84 Å². The third kappa shape index (κ3) is 2.79. The van der Waals surface area contributed by atoms with Crippen LogP contribution in [-0.4, -0.2) is 28.6 Å². The van der Waals surface area contributed by atoms with E-state index in [1.807, 2.05) is 0 Å². The first-order chi connectivity index (χ1) is 5.20. The van der Waals surface area contributed by atoms with E-state index in [0.29, 0.717) is 6.42 Å². The number of ether oxygens (including phenoxy) is 1. The molecule has 2 atom stereocenters. The second-order valence-corrected chi connectivity index (χ2v) is 3.78. The van der Waals surface area contributed by atoms with Gasteiger partial charge in [-0.15, -0.1) is 0 Å². The Morgan fingerprint density at radius 1 is 1.82 bits per heavy atom. The lowest BCUT2D eigenvalue weighted by atomic mass is 10.1. The van der Waals surface area contributed by atoms with E-state index in [0.717, 1.165) is 19.4 Å². The Morgan fingerprint density at radius 3 is 3.00 bits per heavy atom. The van der Waals surface area contributed by atoms with E-state index in [9.17, 15) is 4.79 Å². The fourth-order valence-corrected chi connectivity index (χ4v) is 1.58. The second kappa shape index (κ2) is 4.07. The van der Waals surface area contributed by atoms with Crippen LogP contribution in [0, 0.1) is 0 Å². The molecular weight excluding hydrogens is 212 g/mol. The number of halogens is 1. The molecule has 1 heterocycles. The summed E-state index contributed by atoms with van der Waals surface area (Å²) in [5, 5.41) is 8.54. The standard InChI is InChI=1S/C7H11BrO3/c8-6(7(9)10)4-5-2-1-3-11-5/h5-6H,1-4H2,(H,9,10)/t5-,6+/m1/s1. The van der Waals surface area contributed by atoms with Crippen LogP contribution < -0.4 is 0 Å². The molecule has 1 saturated heterocycles. The molecule has 0 bridgehead atoms. The number of carbonyl (C=O) groups is 1. The van der Waals surface area contributed by atoms with Crippen LogP contribution in [0.25, 0.3) is 0 Å². The SMILES string of the molecule is O=C(O)[C@@H](Br)C[C@H]1CCCO1. The number of carboxylic acids is 1. The fourth-order valence-electron chi connectivity index (χ4n) is 1.16. The van der Waals surface area contributed by atoms with Gasteiger partial charge in [0.2, 0.25) is 0 Å². The molecule has 0 spiro atoms. The quantitative estimate of drug-likeness (QED) is 0.735. The van der Waals surface area contributed by atoms with Gasteiger partial charge in [0.1, 0.15) is 4.83 Å². The van der Waals surface area contributed by atoms with Gasteiger partial charge in [0.05, 0.1) is 6.10 Å². The van der Waals surface area contributed by atoms with Crippen molar-refractivity contribution in [3.05, 3.63) is 0 Å². The minimum absolute atomic E-state index is 0.149. The first kappa shape index (κ1) is 9.00. The van der Waals surface area contributed by atoms with Crippen molar-refractivity contribution >= 4 is 21.9 Å². The summed E-state index contributed by atoms with van der Waals surface area (Å²) in [6.07, 6.45) is 2.78. The van der Waals surface area contributed by atoms with E-state index in [4.69, 9.17) is 9.84 Å². The van der Waals surface area contributed by atoms with Crippen molar-refractivity contribution in [3.8, 4) is 0 Å². The van der Waals surface area contributed by atoms with E-state index in [-0.39, 0.29) is 6.10 Å². The van der Waals surface area contributed by atoms with E-state index in [2.05, 4.69) is 15.9 Å². The van der Waals surface area contributed by atoms with Gasteiger partial charge in [0.25, 0.3) is 0 Å². The molecule has 3 nitrogen and oxygen atoms in total. The Labute approximate surface area is 73.9 Å². The van der Waals surface area contributed by atoms with Gasteiger partial charge in [0, 0.05) is 6.61 Å². The number of hydrogen-bond donors (Lipinski definition) is 1. The molecule has 64 valence electrons. The number of carboxylic acid groups (broad SMARTS) is 1. The lowest BCUT2D eigenvalue weighted by molar-refractivity contribution is -0.136. The summed E-state index contributed by atoms with van der Waals surface area (Å²) < 4.78 is 5.28. The van der Waals surface area contributed by atoms with Crippen molar-refractivity contribution in [2.45, 2.75) is 30.2 Å². The van der Waals surface area contributed by atoms with E-state index < -0.39 is 10.8 Å². The molecule has 11 heavy (non-hydrogen) atoms. The predicted octanol–water partition coefficient (Wildman–Crippen LogP) is 1.40. The van der Waals surface area contributed by atoms with Gasteiger partial charge in [-0.2, -0.15) is 0 Å². The van der Waals surface area contributed by atoms with Crippen LogP contribution in [0.4, 0.5) is 0 Å². The Bertz CT molecular complexity index is 143. The molecule has 1 fully saturated rings. The maximum atomic E-state index is 10.4. The normalized spacial score (nSPS) is 26.8. The number of alkyl halides is 1. The van der Waals surface area contributed by atoms with Crippen LogP contribution in [0.1, 0.15) is 19.3 Å². The van der Waals surface area contributed by atoms with Crippen LogP contribution in [-0.2, 0) is 9.53 Å². The molecule has 0 aliphatic carbocycles. The molecule has 1 rings (SSSR count). The molecule has 1 N–H and O–H groups in total. The lowest BCUT2D eigenvalue weighted by Gasteiger charge is -2.10. The molecule has 0 aromatic heterocycles. The Morgan fingerprint density at radius 2 is 2.55 bits per heavy atom. The molecular formula is C7H11BrO3. The summed E-state index contributed by atoms with van der Waals surface area (Å²) in [5.41, 5.74) is 0. The third-order valence-electron chi connectivity index (χ3n) is 1.76. The van der Waals surface area contributed by atoms with Crippen molar-refractivity contribution < 1.29 is 14.6 Å². The number of rotatable bonds is 3. The van der Waals surface area contributed by atoms with Crippen LogP contribution >= 0.6 is 15.9 Å². The Hall–Kier alpha value is -0.0900. The molecule has 0 aromatic carbocycles. The van der Waals surface area contributed by atoms with Crippen LogP contribution in [0.2, 0.25) is 0 Å². The van der Waals surface area contributed by atoms with E-state index >= 15 is 0 Å². The third-order valence-corrected chi connectivity index (χ3v) is 2.53. The minimum Gasteiger partial charge on any atom is -0.480 e. The molecule has 4 heteroatoms. The molecule has 0 unspecified atom stereocenters. The average molecular weight is 223 g/mol. The van der Waals surface area contributed by atoms with Crippen molar-refractivity contribution in [1.82, 2.24) is 0 Å². The Kier molecular flexibility index (Phi) is 3.33. The average Bonchev–Trinajstić information content (AvgIpc) is 2.39. The van der Waals surface area contributed by atoms with Gasteiger partial charge >= 0.3 is 5.97 Å². The maximum Gasteiger partial charge on any atom is 0.317 e. The summed E-state index contributed by atoms with van der Waals surface area (Å²) in [6, 6.07) is 0. The second-order valence-electron chi connectivity index (χ2n) is 2.68. The highest BCUT2D eigenvalue weighted by molar-refractivity contribution is 9.10.